The van der Waals surface area contributed by atoms with Crippen molar-refractivity contribution in [3.05, 3.63) is 39.9 Å². The van der Waals surface area contributed by atoms with Crippen molar-refractivity contribution in [2.75, 3.05) is 13.2 Å². The molecule has 1 rings (SSSR count). The Labute approximate surface area is 91.6 Å². The van der Waals surface area contributed by atoms with Crippen molar-refractivity contribution in [2.45, 2.75) is 6.42 Å². The fourth-order valence-corrected chi connectivity index (χ4v) is 1.08. The number of carboxylic acid groups (broad SMARTS) is 1. The molecule has 0 saturated carbocycles. The number of carboxylic acids is 1. The van der Waals surface area contributed by atoms with Crippen molar-refractivity contribution in [3.63, 3.8) is 0 Å². The second-order valence-corrected chi connectivity index (χ2v) is 3.09. The largest absolute Gasteiger partial charge is 0.493 e. The molecule has 0 saturated heterocycles. The number of hydrogen-bond acceptors (Lipinski definition) is 4. The predicted molar refractivity (Wildman–Crippen MR) is 55.4 cm³/mol. The van der Waals surface area contributed by atoms with E-state index in [0.29, 0.717) is 12.2 Å². The van der Waals surface area contributed by atoms with E-state index < -0.39 is 10.9 Å². The Morgan fingerprint density at radius 2 is 2.00 bits per heavy atom. The van der Waals surface area contributed by atoms with Crippen LogP contribution in [0, 0.1) is 10.1 Å². The zero-order valence-corrected chi connectivity index (χ0v) is 8.46. The number of nitro groups is 1. The average molecular weight is 225 g/mol. The highest BCUT2D eigenvalue weighted by atomic mass is 16.6. The maximum Gasteiger partial charge on any atom is 0.335 e. The summed E-state index contributed by atoms with van der Waals surface area (Å²) in [6.07, 6.45) is 0.327. The molecular weight excluding hydrogens is 214 g/mol. The van der Waals surface area contributed by atoms with E-state index in [-0.39, 0.29) is 18.7 Å². The number of hydrogen-bond donors (Lipinski definition) is 1. The molecular formula is C10H11NO5. The lowest BCUT2D eigenvalue weighted by molar-refractivity contribution is -0.480. The third kappa shape index (κ3) is 3.95. The molecule has 0 radical (unpaired) electrons. The van der Waals surface area contributed by atoms with Gasteiger partial charge in [-0.3, -0.25) is 10.1 Å². The Balaban J connectivity index is 2.38. The Morgan fingerprint density at radius 3 is 2.50 bits per heavy atom. The van der Waals surface area contributed by atoms with Crippen LogP contribution in [0.4, 0.5) is 0 Å². The molecule has 0 aliphatic rings. The second kappa shape index (κ2) is 5.69. The van der Waals surface area contributed by atoms with Crippen molar-refractivity contribution in [3.8, 4) is 5.75 Å². The maximum absolute atomic E-state index is 10.5. The minimum atomic E-state index is -1.00. The first-order valence-corrected chi connectivity index (χ1v) is 4.67. The summed E-state index contributed by atoms with van der Waals surface area (Å²) >= 11 is 0. The lowest BCUT2D eigenvalue weighted by Gasteiger charge is -2.04. The normalized spacial score (nSPS) is 9.75. The van der Waals surface area contributed by atoms with Crippen LogP contribution in [0.25, 0.3) is 0 Å². The van der Waals surface area contributed by atoms with Gasteiger partial charge in [-0.15, -0.1) is 0 Å². The van der Waals surface area contributed by atoms with Gasteiger partial charge in [0.2, 0.25) is 6.54 Å². The highest BCUT2D eigenvalue weighted by Gasteiger charge is 2.02. The van der Waals surface area contributed by atoms with Crippen LogP contribution in [-0.2, 0) is 0 Å². The number of aromatic carboxylic acids is 1. The van der Waals surface area contributed by atoms with Gasteiger partial charge in [0.25, 0.3) is 0 Å². The van der Waals surface area contributed by atoms with Crippen LogP contribution in [-0.4, -0.2) is 29.2 Å². The topological polar surface area (TPSA) is 89.7 Å². The molecule has 0 atom stereocenters. The van der Waals surface area contributed by atoms with Gasteiger partial charge in [0.1, 0.15) is 5.75 Å². The molecule has 1 aromatic carbocycles. The molecule has 1 N–H and O–H groups in total. The van der Waals surface area contributed by atoms with Gasteiger partial charge < -0.3 is 9.84 Å². The van der Waals surface area contributed by atoms with Gasteiger partial charge in [-0.2, -0.15) is 0 Å². The first kappa shape index (κ1) is 12.0. The van der Waals surface area contributed by atoms with Crippen LogP contribution in [0.2, 0.25) is 0 Å². The molecule has 6 heteroatoms. The molecule has 0 aromatic heterocycles. The van der Waals surface area contributed by atoms with Gasteiger partial charge in [-0.25, -0.2) is 4.79 Å². The quantitative estimate of drug-likeness (QED) is 0.449. The van der Waals surface area contributed by atoms with Crippen molar-refractivity contribution < 1.29 is 19.6 Å². The van der Waals surface area contributed by atoms with Gasteiger partial charge in [0.05, 0.1) is 12.2 Å². The standard InChI is InChI=1S/C10H11NO5/c12-10(13)8-2-4-9(5-3-8)16-7-1-6-11(14)15/h2-5H,1,6-7H2,(H,12,13). The highest BCUT2D eigenvalue weighted by molar-refractivity contribution is 5.87. The molecule has 0 amide bonds. The van der Waals surface area contributed by atoms with Gasteiger partial charge in [0, 0.05) is 11.3 Å². The highest BCUT2D eigenvalue weighted by Crippen LogP contribution is 2.12. The van der Waals surface area contributed by atoms with Crippen molar-refractivity contribution in [1.29, 1.82) is 0 Å². The molecule has 0 aliphatic carbocycles. The van der Waals surface area contributed by atoms with E-state index in [1.807, 2.05) is 0 Å². The Bertz CT molecular complexity index is 373. The van der Waals surface area contributed by atoms with E-state index in [4.69, 9.17) is 9.84 Å². The summed E-state index contributed by atoms with van der Waals surface area (Å²) in [5.41, 5.74) is 0.178. The fourth-order valence-electron chi connectivity index (χ4n) is 1.08. The second-order valence-electron chi connectivity index (χ2n) is 3.09. The van der Waals surface area contributed by atoms with Crippen LogP contribution in [0.1, 0.15) is 16.8 Å². The third-order valence-electron chi connectivity index (χ3n) is 1.86. The number of nitrogens with zero attached hydrogens (tertiary/aromatic N) is 1. The minimum Gasteiger partial charge on any atom is -0.493 e. The molecule has 0 bridgehead atoms. The molecule has 86 valence electrons. The van der Waals surface area contributed by atoms with Crippen molar-refractivity contribution in [2.24, 2.45) is 0 Å². The summed E-state index contributed by atoms with van der Waals surface area (Å²) in [7, 11) is 0. The summed E-state index contributed by atoms with van der Waals surface area (Å²) in [4.78, 5) is 20.1. The molecule has 16 heavy (non-hydrogen) atoms. The first-order chi connectivity index (χ1) is 7.59. The van der Waals surface area contributed by atoms with Crippen LogP contribution in [0.3, 0.4) is 0 Å². The van der Waals surface area contributed by atoms with Gasteiger partial charge >= 0.3 is 5.97 Å². The van der Waals surface area contributed by atoms with Crippen LogP contribution >= 0.6 is 0 Å². The zero-order valence-electron chi connectivity index (χ0n) is 8.46. The van der Waals surface area contributed by atoms with Gasteiger partial charge in [0.15, 0.2) is 0 Å². The van der Waals surface area contributed by atoms with Crippen molar-refractivity contribution in [1.82, 2.24) is 0 Å². The lowest BCUT2D eigenvalue weighted by Crippen LogP contribution is -2.06. The summed E-state index contributed by atoms with van der Waals surface area (Å²) in [5.74, 6) is -0.492. The Morgan fingerprint density at radius 1 is 1.38 bits per heavy atom. The fraction of sp³-hybridized carbons (Fsp3) is 0.300. The summed E-state index contributed by atoms with van der Waals surface area (Å²) in [6.45, 7) is 0.112. The number of rotatable bonds is 6. The van der Waals surface area contributed by atoms with E-state index in [1.54, 1.807) is 0 Å². The molecule has 0 spiro atoms. The monoisotopic (exact) mass is 225 g/mol. The molecule has 0 heterocycles. The first-order valence-electron chi connectivity index (χ1n) is 4.67. The zero-order chi connectivity index (χ0) is 12.0. The predicted octanol–water partition coefficient (Wildman–Crippen LogP) is 1.43. The third-order valence-corrected chi connectivity index (χ3v) is 1.86. The molecule has 0 unspecified atom stereocenters. The number of ether oxygens (including phenoxy) is 1. The van der Waals surface area contributed by atoms with E-state index in [9.17, 15) is 14.9 Å². The number of carbonyl (C=O) groups is 1. The van der Waals surface area contributed by atoms with Crippen LogP contribution in [0.5, 0.6) is 5.75 Å². The Hall–Kier alpha value is -2.11. The van der Waals surface area contributed by atoms with Crippen LogP contribution < -0.4 is 4.74 Å². The SMILES string of the molecule is O=C(O)c1ccc(OCCC[N+](=O)[O-])cc1. The van der Waals surface area contributed by atoms with E-state index in [1.165, 1.54) is 24.3 Å². The average Bonchev–Trinajstić information content (AvgIpc) is 2.25. The maximum atomic E-state index is 10.5. The molecule has 0 fully saturated rings. The lowest BCUT2D eigenvalue weighted by atomic mass is 10.2. The summed E-state index contributed by atoms with van der Waals surface area (Å²) in [6, 6.07) is 5.89. The summed E-state index contributed by atoms with van der Waals surface area (Å²) < 4.78 is 5.19. The Kier molecular flexibility index (Phi) is 4.26. The number of benzene rings is 1. The van der Waals surface area contributed by atoms with Crippen LogP contribution in [0.15, 0.2) is 24.3 Å². The van der Waals surface area contributed by atoms with E-state index in [0.717, 1.165) is 0 Å². The van der Waals surface area contributed by atoms with E-state index >= 15 is 0 Å². The molecule has 1 aromatic rings. The minimum absolute atomic E-state index is 0.132. The smallest absolute Gasteiger partial charge is 0.335 e. The summed E-state index contributed by atoms with van der Waals surface area (Å²) in [5, 5.41) is 18.7. The van der Waals surface area contributed by atoms with Gasteiger partial charge in [-0.05, 0) is 24.3 Å². The van der Waals surface area contributed by atoms with Crippen molar-refractivity contribution >= 4 is 5.97 Å². The molecule has 6 nitrogen and oxygen atoms in total. The van der Waals surface area contributed by atoms with E-state index in [2.05, 4.69) is 0 Å². The van der Waals surface area contributed by atoms with Gasteiger partial charge in [-0.1, -0.05) is 0 Å². The molecule has 0 aliphatic heterocycles.